The van der Waals surface area contributed by atoms with E-state index in [0.717, 1.165) is 0 Å². The fourth-order valence-corrected chi connectivity index (χ4v) is 1.64. The van der Waals surface area contributed by atoms with E-state index in [0.29, 0.717) is 5.02 Å². The van der Waals surface area contributed by atoms with E-state index < -0.39 is 17.0 Å². The molecule has 0 bridgehead atoms. The zero-order chi connectivity index (χ0) is 14.4. The van der Waals surface area contributed by atoms with Gasteiger partial charge in [-0.1, -0.05) is 11.6 Å². The average Bonchev–Trinajstić information content (AvgIpc) is 2.33. The van der Waals surface area contributed by atoms with Gasteiger partial charge in [-0.3, -0.25) is 14.9 Å². The molecule has 0 radical (unpaired) electrons. The summed E-state index contributed by atoms with van der Waals surface area (Å²) in [6.45, 7) is 0.129. The monoisotopic (exact) mass is 288 g/mol. The minimum atomic E-state index is -1.01. The Morgan fingerprint density at radius 2 is 2.32 bits per heavy atom. The maximum Gasteiger partial charge on any atom is 0.306 e. The van der Waals surface area contributed by atoms with E-state index in [2.05, 4.69) is 5.32 Å². The van der Waals surface area contributed by atoms with Gasteiger partial charge < -0.3 is 15.2 Å². The number of halogens is 1. The number of ether oxygens (including phenoxy) is 1. The first-order valence-electron chi connectivity index (χ1n) is 5.36. The van der Waals surface area contributed by atoms with Gasteiger partial charge in [-0.15, -0.1) is 0 Å². The number of rotatable bonds is 7. The van der Waals surface area contributed by atoms with Gasteiger partial charge in [-0.05, 0) is 12.1 Å². The van der Waals surface area contributed by atoms with Crippen LogP contribution in [0.4, 0.5) is 11.4 Å². The highest BCUT2D eigenvalue weighted by molar-refractivity contribution is 6.31. The summed E-state index contributed by atoms with van der Waals surface area (Å²) < 4.78 is 4.97. The number of nitrogens with zero attached hydrogens (tertiary/aromatic N) is 1. The number of carboxylic acids is 1. The van der Waals surface area contributed by atoms with Gasteiger partial charge in [-0.2, -0.15) is 0 Å². The summed E-state index contributed by atoms with van der Waals surface area (Å²) in [5.41, 5.74) is 0.0968. The highest BCUT2D eigenvalue weighted by atomic mass is 35.5. The van der Waals surface area contributed by atoms with Crippen LogP contribution in [0.1, 0.15) is 6.42 Å². The number of hydrogen-bond donors (Lipinski definition) is 2. The first-order chi connectivity index (χ1) is 8.93. The van der Waals surface area contributed by atoms with Crippen molar-refractivity contribution in [3.63, 3.8) is 0 Å². The number of benzene rings is 1. The molecule has 1 aromatic rings. The minimum absolute atomic E-state index is 0.129. The molecule has 8 heteroatoms. The standard InChI is InChI=1S/C11H13ClN2O5/c1-19-8(5-11(15)16)6-13-9-4-7(12)2-3-10(9)14(17)18/h2-4,8,13H,5-6H2,1H3,(H,15,16). The van der Waals surface area contributed by atoms with Crippen molar-refractivity contribution in [3.05, 3.63) is 33.3 Å². The van der Waals surface area contributed by atoms with Gasteiger partial charge in [0.1, 0.15) is 5.69 Å². The molecule has 0 saturated heterocycles. The first kappa shape index (κ1) is 15.2. The topological polar surface area (TPSA) is 102 Å². The molecule has 2 N–H and O–H groups in total. The number of nitro benzene ring substituents is 1. The molecule has 0 aromatic heterocycles. The summed E-state index contributed by atoms with van der Waals surface area (Å²) >= 11 is 5.77. The SMILES string of the molecule is COC(CNc1cc(Cl)ccc1[N+](=O)[O-])CC(=O)O. The van der Waals surface area contributed by atoms with Gasteiger partial charge in [0.15, 0.2) is 0 Å². The molecule has 0 aliphatic carbocycles. The quantitative estimate of drug-likeness (QED) is 0.589. The molecule has 0 spiro atoms. The molecule has 0 amide bonds. The smallest absolute Gasteiger partial charge is 0.306 e. The van der Waals surface area contributed by atoms with Crippen LogP contribution in [0.2, 0.25) is 5.02 Å². The molecule has 1 rings (SSSR count). The summed E-state index contributed by atoms with van der Waals surface area (Å²) in [4.78, 5) is 20.9. The Labute approximate surface area is 114 Å². The van der Waals surface area contributed by atoms with Gasteiger partial charge in [0.05, 0.1) is 17.4 Å². The van der Waals surface area contributed by atoms with Crippen LogP contribution in [0, 0.1) is 10.1 Å². The van der Waals surface area contributed by atoms with Crippen LogP contribution in [0.3, 0.4) is 0 Å². The van der Waals surface area contributed by atoms with E-state index >= 15 is 0 Å². The van der Waals surface area contributed by atoms with E-state index in [1.807, 2.05) is 0 Å². The largest absolute Gasteiger partial charge is 0.481 e. The third-order valence-electron chi connectivity index (χ3n) is 2.41. The number of nitro groups is 1. The summed E-state index contributed by atoms with van der Waals surface area (Å²) in [7, 11) is 1.38. The molecule has 104 valence electrons. The molecule has 0 saturated carbocycles. The lowest BCUT2D eigenvalue weighted by Gasteiger charge is -2.15. The second kappa shape index (κ2) is 6.91. The van der Waals surface area contributed by atoms with Crippen molar-refractivity contribution in [2.45, 2.75) is 12.5 Å². The van der Waals surface area contributed by atoms with Crippen molar-refractivity contribution in [2.24, 2.45) is 0 Å². The molecular formula is C11H13ClN2O5. The molecule has 1 unspecified atom stereocenters. The Bertz CT molecular complexity index is 480. The van der Waals surface area contributed by atoms with Crippen LogP contribution in [0.15, 0.2) is 18.2 Å². The Hall–Kier alpha value is -1.86. The third kappa shape index (κ3) is 4.72. The Morgan fingerprint density at radius 1 is 1.63 bits per heavy atom. The highest BCUT2D eigenvalue weighted by Gasteiger charge is 2.17. The number of nitrogens with one attached hydrogen (secondary N) is 1. The molecule has 0 fully saturated rings. The number of hydrogen-bond acceptors (Lipinski definition) is 5. The molecular weight excluding hydrogens is 276 g/mol. The molecule has 1 atom stereocenters. The maximum atomic E-state index is 10.8. The van der Waals surface area contributed by atoms with Crippen molar-refractivity contribution in [3.8, 4) is 0 Å². The van der Waals surface area contributed by atoms with Crippen LogP contribution in [0.5, 0.6) is 0 Å². The molecule has 0 aliphatic heterocycles. The summed E-state index contributed by atoms with van der Waals surface area (Å²) in [5, 5.41) is 22.6. The third-order valence-corrected chi connectivity index (χ3v) is 2.65. The zero-order valence-electron chi connectivity index (χ0n) is 10.1. The molecule has 1 aromatic carbocycles. The second-order valence-electron chi connectivity index (χ2n) is 3.76. The van der Waals surface area contributed by atoms with Crippen LogP contribution >= 0.6 is 11.6 Å². The lowest BCUT2D eigenvalue weighted by atomic mass is 10.2. The van der Waals surface area contributed by atoms with Crippen LogP contribution in [-0.2, 0) is 9.53 Å². The minimum Gasteiger partial charge on any atom is -0.481 e. The highest BCUT2D eigenvalue weighted by Crippen LogP contribution is 2.27. The Balaban J connectivity index is 2.78. The van der Waals surface area contributed by atoms with Gasteiger partial charge in [0, 0.05) is 24.7 Å². The van der Waals surface area contributed by atoms with Crippen LogP contribution < -0.4 is 5.32 Å². The lowest BCUT2D eigenvalue weighted by molar-refractivity contribution is -0.384. The lowest BCUT2D eigenvalue weighted by Crippen LogP contribution is -2.25. The van der Waals surface area contributed by atoms with Gasteiger partial charge in [-0.25, -0.2) is 0 Å². The van der Waals surface area contributed by atoms with Gasteiger partial charge in [0.25, 0.3) is 5.69 Å². The van der Waals surface area contributed by atoms with E-state index in [1.165, 1.54) is 25.3 Å². The zero-order valence-corrected chi connectivity index (χ0v) is 10.9. The van der Waals surface area contributed by atoms with Gasteiger partial charge >= 0.3 is 5.97 Å². The molecule has 19 heavy (non-hydrogen) atoms. The summed E-state index contributed by atoms with van der Waals surface area (Å²) in [6.07, 6.45) is -0.784. The van der Waals surface area contributed by atoms with E-state index in [1.54, 1.807) is 0 Å². The van der Waals surface area contributed by atoms with E-state index in [9.17, 15) is 14.9 Å². The number of aliphatic carboxylic acids is 1. The summed E-state index contributed by atoms with van der Waals surface area (Å²) in [5.74, 6) is -1.01. The van der Waals surface area contributed by atoms with Crippen molar-refractivity contribution in [1.29, 1.82) is 0 Å². The summed E-state index contributed by atoms with van der Waals surface area (Å²) in [6, 6.07) is 4.10. The Kier molecular flexibility index (Phi) is 5.53. The predicted octanol–water partition coefficient (Wildman–Crippen LogP) is 2.15. The Morgan fingerprint density at radius 3 is 2.84 bits per heavy atom. The van der Waals surface area contributed by atoms with Gasteiger partial charge in [0.2, 0.25) is 0 Å². The molecule has 7 nitrogen and oxygen atoms in total. The second-order valence-corrected chi connectivity index (χ2v) is 4.19. The van der Waals surface area contributed by atoms with Crippen molar-refractivity contribution < 1.29 is 19.6 Å². The fourth-order valence-electron chi connectivity index (χ4n) is 1.47. The normalized spacial score (nSPS) is 11.9. The number of anilines is 1. The first-order valence-corrected chi connectivity index (χ1v) is 5.74. The number of carbonyl (C=O) groups is 1. The fraction of sp³-hybridized carbons (Fsp3) is 0.364. The number of methoxy groups -OCH3 is 1. The van der Waals surface area contributed by atoms with Crippen LogP contribution in [0.25, 0.3) is 0 Å². The van der Waals surface area contributed by atoms with Crippen molar-refractivity contribution in [1.82, 2.24) is 0 Å². The average molecular weight is 289 g/mol. The van der Waals surface area contributed by atoms with E-state index in [4.69, 9.17) is 21.4 Å². The predicted molar refractivity (Wildman–Crippen MR) is 69.6 cm³/mol. The van der Waals surface area contributed by atoms with Crippen LogP contribution in [-0.4, -0.2) is 35.8 Å². The molecule has 0 heterocycles. The maximum absolute atomic E-state index is 10.8. The molecule has 0 aliphatic rings. The van der Waals surface area contributed by atoms with Crippen molar-refractivity contribution in [2.75, 3.05) is 19.0 Å². The van der Waals surface area contributed by atoms with Crippen molar-refractivity contribution >= 4 is 28.9 Å². The van der Waals surface area contributed by atoms with E-state index in [-0.39, 0.29) is 24.3 Å². The number of carboxylic acid groups (broad SMARTS) is 1.